The van der Waals surface area contributed by atoms with E-state index in [1.54, 1.807) is 10.8 Å². The molecule has 0 saturated heterocycles. The molecule has 1 amide bonds. The first-order valence-electron chi connectivity index (χ1n) is 14.6. The molecule has 0 aliphatic carbocycles. The third-order valence-corrected chi connectivity index (χ3v) is 12.0. The summed E-state index contributed by atoms with van der Waals surface area (Å²) in [6.07, 6.45) is 1.74. The van der Waals surface area contributed by atoms with E-state index in [0.29, 0.717) is 55.3 Å². The molecule has 4 aromatic heterocycles. The van der Waals surface area contributed by atoms with E-state index in [0.717, 1.165) is 20.8 Å². The maximum Gasteiger partial charge on any atom is 1.00 e. The van der Waals surface area contributed by atoms with Crippen molar-refractivity contribution in [3.63, 3.8) is 0 Å². The van der Waals surface area contributed by atoms with E-state index in [9.17, 15) is 27.0 Å². The first kappa shape index (κ1) is 51.9. The van der Waals surface area contributed by atoms with E-state index < -0.39 is 31.9 Å². The Bertz CT molecular complexity index is 2010. The SMILES string of the molecule is CCSc1n[nH]c(=O)n1OC.CCSc1nn(C(=O)NOS(=O)c2c(CC)csc2OC)c(=O)n1OC.CCc1csc(OC)c1S(=O)(=O)Cl.N#C[O-].[K+]. The maximum absolute atomic E-state index is 12.4. The molecule has 0 aromatic carbocycles. The Kier molecular flexibility index (Phi) is 25.7. The first-order chi connectivity index (χ1) is 25.2. The number of hydrogen-bond acceptors (Lipinski definition) is 19. The van der Waals surface area contributed by atoms with Gasteiger partial charge in [0.2, 0.25) is 21.4 Å². The van der Waals surface area contributed by atoms with Crippen molar-refractivity contribution in [1.82, 2.24) is 34.9 Å². The molecule has 0 aliphatic rings. The third-order valence-electron chi connectivity index (χ3n) is 5.74. The predicted octanol–water partition coefficient (Wildman–Crippen LogP) is -1.12. The van der Waals surface area contributed by atoms with Crippen LogP contribution in [0.2, 0.25) is 0 Å². The van der Waals surface area contributed by atoms with Gasteiger partial charge in [-0.1, -0.05) is 51.2 Å². The Labute approximate surface area is 376 Å². The molecule has 0 radical (unpaired) electrons. The van der Waals surface area contributed by atoms with Gasteiger partial charge in [-0.15, -0.1) is 47.0 Å². The second-order valence-electron chi connectivity index (χ2n) is 8.73. The molecule has 0 bridgehead atoms. The third kappa shape index (κ3) is 14.8. The Morgan fingerprint density at radius 1 is 1.00 bits per heavy atom. The van der Waals surface area contributed by atoms with E-state index in [2.05, 4.69) is 15.3 Å². The molecule has 1 unspecified atom stereocenters. The number of nitrogens with one attached hydrogen (secondary N) is 2. The summed E-state index contributed by atoms with van der Waals surface area (Å²) in [6.45, 7) is 7.60. The monoisotopic (exact) mass is 918 g/mol. The van der Waals surface area contributed by atoms with Gasteiger partial charge in [0.15, 0.2) is 10.1 Å². The van der Waals surface area contributed by atoms with Crippen molar-refractivity contribution in [2.24, 2.45) is 0 Å². The summed E-state index contributed by atoms with van der Waals surface area (Å²) in [5.41, 5.74) is 2.30. The molecule has 0 fully saturated rings. The molecule has 54 heavy (non-hydrogen) atoms. The molecular weight excluding hydrogens is 883 g/mol. The van der Waals surface area contributed by atoms with E-state index in [4.69, 9.17) is 44.5 Å². The van der Waals surface area contributed by atoms with Crippen LogP contribution >= 0.6 is 56.9 Å². The Balaban J connectivity index is 0.000000835. The second-order valence-corrected chi connectivity index (χ2v) is 16.4. The quantitative estimate of drug-likeness (QED) is 0.0499. The molecule has 4 aromatic rings. The Morgan fingerprint density at radius 3 is 2.00 bits per heavy atom. The smallest absolute Gasteiger partial charge is 0.812 e. The summed E-state index contributed by atoms with van der Waals surface area (Å²) in [4.78, 5) is 45.3. The normalized spacial score (nSPS) is 10.7. The molecule has 0 saturated carbocycles. The number of H-pyrrole nitrogens is 1. The number of aromatic amines is 1. The van der Waals surface area contributed by atoms with Crippen LogP contribution in [-0.2, 0) is 37.3 Å². The van der Waals surface area contributed by atoms with E-state index in [-0.39, 0.29) is 67.1 Å². The zero-order valence-corrected chi connectivity index (χ0v) is 39.2. The van der Waals surface area contributed by atoms with Crippen LogP contribution in [0, 0.1) is 11.5 Å². The number of nitriles is 1. The van der Waals surface area contributed by atoms with Crippen LogP contribution in [0.1, 0.15) is 38.8 Å². The molecule has 4 heterocycles. The maximum atomic E-state index is 12.4. The van der Waals surface area contributed by atoms with E-state index >= 15 is 0 Å². The van der Waals surface area contributed by atoms with Crippen molar-refractivity contribution in [3.05, 3.63) is 42.9 Å². The van der Waals surface area contributed by atoms with Gasteiger partial charge in [-0.25, -0.2) is 37.4 Å². The van der Waals surface area contributed by atoms with Crippen LogP contribution in [0.3, 0.4) is 0 Å². The number of rotatable bonds is 14. The molecule has 0 spiro atoms. The number of ether oxygens (including phenoxy) is 2. The minimum absolute atomic E-state index is 0. The van der Waals surface area contributed by atoms with Gasteiger partial charge < -0.3 is 24.3 Å². The fourth-order valence-corrected chi connectivity index (χ4v) is 9.91. The summed E-state index contributed by atoms with van der Waals surface area (Å²) >= 11 is 3.17. The van der Waals surface area contributed by atoms with Gasteiger partial charge in [0.1, 0.15) is 24.0 Å². The molecular formula is C26H36ClKN8O12S6. The molecule has 20 nitrogen and oxygen atoms in total. The summed E-state index contributed by atoms with van der Waals surface area (Å²) in [7, 11) is 7.17. The van der Waals surface area contributed by atoms with Crippen molar-refractivity contribution in [3.8, 4) is 16.4 Å². The molecule has 296 valence electrons. The number of carbonyl (C=O) groups excluding carboxylic acids is 1. The fraction of sp³-hybridized carbons (Fsp3) is 0.462. The Morgan fingerprint density at radius 2 is 1.52 bits per heavy atom. The second kappa shape index (κ2) is 26.7. The van der Waals surface area contributed by atoms with Crippen molar-refractivity contribution < 1.29 is 97.3 Å². The first-order valence-corrected chi connectivity index (χ1v) is 21.7. The average molecular weight is 920 g/mol. The minimum atomic E-state index is -3.69. The molecule has 4 rings (SSSR count). The summed E-state index contributed by atoms with van der Waals surface area (Å²) in [5, 5.41) is 30.0. The summed E-state index contributed by atoms with van der Waals surface area (Å²) < 4.78 is 52.2. The van der Waals surface area contributed by atoms with Crippen LogP contribution in [0.4, 0.5) is 4.79 Å². The van der Waals surface area contributed by atoms with Gasteiger partial charge in [0, 0.05) is 16.9 Å². The molecule has 2 N–H and O–H groups in total. The van der Waals surface area contributed by atoms with E-state index in [1.165, 1.54) is 74.6 Å². The molecule has 1 atom stereocenters. The number of aromatic nitrogens is 6. The summed E-state index contributed by atoms with van der Waals surface area (Å²) in [5.74, 6) is 1.48. The number of halogens is 1. The van der Waals surface area contributed by atoms with Crippen molar-refractivity contribution in [2.45, 2.75) is 60.6 Å². The largest absolute Gasteiger partial charge is 1.00 e. The molecule has 28 heteroatoms. The fourth-order valence-electron chi connectivity index (χ4n) is 3.58. The molecule has 0 aliphatic heterocycles. The number of amides is 1. The van der Waals surface area contributed by atoms with Gasteiger partial charge in [0.25, 0.3) is 9.05 Å². The number of thiophene rings is 2. The topological polar surface area (TPSA) is 264 Å². The van der Waals surface area contributed by atoms with Crippen LogP contribution < -0.4 is 92.5 Å². The standard InChI is InChI=1S/C13H18N4O6S3.C7H9ClO3S2.C5H9N3O2S.CHNO.K/c1-5-8-7-25-10(21-3)9(8)26(20)23-15-11(18)16-13(19)17(22-4)12(14-16)24-6-2;1-3-5-4-12-7(11-2)6(5)13(8,9)10;1-3-11-5-7-6-4(9)8(5)10-2;2-1-3;/h7H,5-6H2,1-4H3,(H,15,18);4H,3H2,1-2H3;3H2,1-2H3,(H,6,9);3H;/q;;;;+1/p-1. The summed E-state index contributed by atoms with van der Waals surface area (Å²) in [6, 6.07) is -0.996. The van der Waals surface area contributed by atoms with Gasteiger partial charge in [0.05, 0.1) is 14.2 Å². The minimum Gasteiger partial charge on any atom is -0.812 e. The van der Waals surface area contributed by atoms with Crippen LogP contribution in [0.25, 0.3) is 0 Å². The van der Waals surface area contributed by atoms with Gasteiger partial charge in [-0.2, -0.15) is 9.76 Å². The van der Waals surface area contributed by atoms with Crippen LogP contribution in [0.15, 0.2) is 40.5 Å². The van der Waals surface area contributed by atoms with Gasteiger partial charge in [-0.3, -0.25) is 0 Å². The number of thioether (sulfide) groups is 2. The predicted molar refractivity (Wildman–Crippen MR) is 198 cm³/mol. The average Bonchev–Trinajstić information content (AvgIpc) is 3.91. The van der Waals surface area contributed by atoms with Crippen molar-refractivity contribution in [2.75, 3.05) is 39.9 Å². The number of nitrogens with zero attached hydrogens (tertiary/aromatic N) is 6. The zero-order chi connectivity index (χ0) is 40.3. The van der Waals surface area contributed by atoms with Crippen LogP contribution in [-0.4, -0.2) is 88.0 Å². The number of methoxy groups -OCH3 is 2. The Hall–Kier alpha value is -2.07. The van der Waals surface area contributed by atoms with E-state index in [1.807, 2.05) is 33.2 Å². The van der Waals surface area contributed by atoms with Gasteiger partial charge >= 0.3 is 68.8 Å². The number of carbonyl (C=O) groups is 1. The number of hydroxylamine groups is 1. The number of aryl methyl sites for hydroxylation is 2. The van der Waals surface area contributed by atoms with Crippen LogP contribution in [0.5, 0.6) is 10.1 Å². The van der Waals surface area contributed by atoms with Gasteiger partial charge in [-0.05, 0) is 46.2 Å². The number of hydrogen-bond donors (Lipinski definition) is 2. The zero-order valence-electron chi connectivity index (χ0n) is 30.4. The van der Waals surface area contributed by atoms with Crippen molar-refractivity contribution >= 4 is 83.0 Å². The van der Waals surface area contributed by atoms with Crippen molar-refractivity contribution in [1.29, 1.82) is 5.26 Å².